The summed E-state index contributed by atoms with van der Waals surface area (Å²) in [6.45, 7) is 1.47. The maximum atomic E-state index is 14.3. The molecule has 2 aromatic heterocycles. The predicted molar refractivity (Wildman–Crippen MR) is 149 cm³/mol. The molecule has 0 spiro atoms. The van der Waals surface area contributed by atoms with E-state index in [0.29, 0.717) is 26.2 Å². The number of pyridine rings is 1. The lowest BCUT2D eigenvalue weighted by atomic mass is 9.93. The minimum absolute atomic E-state index is 0.00515. The number of benzene rings is 1. The fraction of sp³-hybridized carbons (Fsp3) is 0.552. The lowest BCUT2D eigenvalue weighted by Gasteiger charge is -2.25. The van der Waals surface area contributed by atoms with E-state index >= 15 is 0 Å². The minimum Gasteiger partial charge on any atom is -0.381 e. The summed E-state index contributed by atoms with van der Waals surface area (Å²) in [7, 11) is -3.77. The van der Waals surface area contributed by atoms with Crippen molar-refractivity contribution in [3.63, 3.8) is 0 Å². The molecule has 4 heterocycles. The highest BCUT2D eigenvalue weighted by Crippen LogP contribution is 2.49. The Hall–Kier alpha value is -3.10. The summed E-state index contributed by atoms with van der Waals surface area (Å²) in [4.78, 5) is 21.3. The monoisotopic (exact) mass is 624 g/mol. The lowest BCUT2D eigenvalue weighted by molar-refractivity contribution is -0.121. The summed E-state index contributed by atoms with van der Waals surface area (Å²) >= 11 is 0. The zero-order chi connectivity index (χ0) is 30.5. The first-order valence-corrected chi connectivity index (χ1v) is 16.2. The van der Waals surface area contributed by atoms with E-state index in [1.54, 1.807) is 18.2 Å². The van der Waals surface area contributed by atoms with Crippen LogP contribution < -0.4 is 5.32 Å². The van der Waals surface area contributed by atoms with Gasteiger partial charge in [-0.2, -0.15) is 0 Å². The Morgan fingerprint density at radius 3 is 2.53 bits per heavy atom. The molecule has 0 amide bonds. The van der Waals surface area contributed by atoms with Crippen molar-refractivity contribution in [3.05, 3.63) is 41.3 Å². The summed E-state index contributed by atoms with van der Waals surface area (Å²) in [5, 5.41) is 3.04. The van der Waals surface area contributed by atoms with Crippen LogP contribution in [0, 0.1) is 5.92 Å². The third kappa shape index (κ3) is 6.14. The zero-order valence-corrected chi connectivity index (χ0v) is 24.3. The van der Waals surface area contributed by atoms with Crippen LogP contribution in [0.15, 0.2) is 29.2 Å². The zero-order valence-electron chi connectivity index (χ0n) is 23.5. The van der Waals surface area contributed by atoms with Crippen LogP contribution in [-0.2, 0) is 30.5 Å². The number of nitrogens with one attached hydrogen (secondary N) is 1. The van der Waals surface area contributed by atoms with E-state index in [-0.39, 0.29) is 39.0 Å². The second-order valence-electron chi connectivity index (χ2n) is 11.5. The third-order valence-corrected chi connectivity index (χ3v) is 9.38. The van der Waals surface area contributed by atoms with Gasteiger partial charge < -0.3 is 14.8 Å². The molecule has 1 N–H and O–H groups in total. The Balaban J connectivity index is 1.46. The van der Waals surface area contributed by atoms with E-state index in [4.69, 9.17) is 9.47 Å². The van der Waals surface area contributed by atoms with Crippen LogP contribution >= 0.6 is 0 Å². The fourth-order valence-corrected chi connectivity index (χ4v) is 6.77. The van der Waals surface area contributed by atoms with Gasteiger partial charge in [-0.15, -0.1) is 0 Å². The number of carbonyl (C=O) groups is 1. The van der Waals surface area contributed by atoms with Crippen molar-refractivity contribution in [1.29, 1.82) is 0 Å². The smallest absolute Gasteiger partial charge is 0.295 e. The van der Waals surface area contributed by atoms with Gasteiger partial charge in [-0.1, -0.05) is 6.07 Å². The molecule has 1 aliphatic carbocycles. The standard InChI is InChI=1S/C29H32F4N4O5S/c1-43(39,40)23-11-16(17-5-4-9-41-15-17)7-8-20(23)35-21-12-18(13-22(38)19-14-29(19,32)33)34-27-25(21)36-28(26(30)31)37(27)24-6-2-3-10-42-24/h7-8,11-12,17,19,24,26H,2-6,9-10,13-15H2,1H3,(H,34,35)/t17-,19?,24?/m1/s1. The maximum Gasteiger partial charge on any atom is 0.295 e. The van der Waals surface area contributed by atoms with Crippen LogP contribution in [0.5, 0.6) is 0 Å². The van der Waals surface area contributed by atoms with Gasteiger partial charge >= 0.3 is 0 Å². The quantitative estimate of drug-likeness (QED) is 0.294. The highest BCUT2D eigenvalue weighted by atomic mass is 32.2. The number of rotatable bonds is 9. The van der Waals surface area contributed by atoms with Crippen molar-refractivity contribution in [2.24, 2.45) is 5.92 Å². The van der Waals surface area contributed by atoms with Crippen molar-refractivity contribution in [2.45, 2.75) is 74.3 Å². The number of hydrogen-bond acceptors (Lipinski definition) is 8. The van der Waals surface area contributed by atoms with Crippen molar-refractivity contribution in [3.8, 4) is 0 Å². The Morgan fingerprint density at radius 2 is 1.91 bits per heavy atom. The number of aromatic nitrogens is 3. The van der Waals surface area contributed by atoms with E-state index in [1.807, 2.05) is 0 Å². The van der Waals surface area contributed by atoms with E-state index < -0.39 is 58.8 Å². The van der Waals surface area contributed by atoms with Crippen molar-refractivity contribution in [2.75, 3.05) is 31.4 Å². The molecular formula is C29H32F4N4O5S. The largest absolute Gasteiger partial charge is 0.381 e. The molecule has 9 nitrogen and oxygen atoms in total. The molecule has 2 unspecified atom stereocenters. The number of ketones is 1. The van der Waals surface area contributed by atoms with E-state index in [2.05, 4.69) is 15.3 Å². The number of carbonyl (C=O) groups excluding carboxylic acids is 1. The summed E-state index contributed by atoms with van der Waals surface area (Å²) in [6.07, 6.45) is -0.0974. The Labute approximate surface area is 245 Å². The van der Waals surface area contributed by atoms with Crippen molar-refractivity contribution < 1.29 is 40.2 Å². The average Bonchev–Trinajstić information content (AvgIpc) is 3.44. The molecule has 3 atom stereocenters. The number of imidazole rings is 1. The van der Waals surface area contributed by atoms with E-state index in [9.17, 15) is 30.8 Å². The van der Waals surface area contributed by atoms with Crippen LogP contribution in [0.3, 0.4) is 0 Å². The first kappa shape index (κ1) is 29.9. The van der Waals surface area contributed by atoms with Gasteiger partial charge in [-0.05, 0) is 55.9 Å². The number of anilines is 2. The molecule has 3 aliphatic rings. The molecule has 232 valence electrons. The van der Waals surface area contributed by atoms with Gasteiger partial charge in [-0.25, -0.2) is 35.9 Å². The van der Waals surface area contributed by atoms with Crippen molar-refractivity contribution >= 4 is 38.2 Å². The normalized spacial score (nSPS) is 23.9. The van der Waals surface area contributed by atoms with E-state index in [0.717, 1.165) is 37.5 Å². The third-order valence-electron chi connectivity index (χ3n) is 8.24. The van der Waals surface area contributed by atoms with Crippen LogP contribution in [0.2, 0.25) is 0 Å². The van der Waals surface area contributed by atoms with E-state index in [1.165, 1.54) is 10.6 Å². The topological polar surface area (TPSA) is 112 Å². The van der Waals surface area contributed by atoms with Crippen LogP contribution in [0.25, 0.3) is 11.2 Å². The summed E-state index contributed by atoms with van der Waals surface area (Å²) in [5.41, 5.74) is 1.16. The molecule has 2 saturated heterocycles. The van der Waals surface area contributed by atoms with Gasteiger partial charge in [0.1, 0.15) is 17.5 Å². The molecule has 6 rings (SSSR count). The molecule has 2 aliphatic heterocycles. The second-order valence-corrected chi connectivity index (χ2v) is 13.5. The highest BCUT2D eigenvalue weighted by Gasteiger charge is 2.60. The summed E-state index contributed by atoms with van der Waals surface area (Å²) in [5.74, 6) is -5.77. The van der Waals surface area contributed by atoms with Gasteiger partial charge in [0.05, 0.1) is 34.5 Å². The first-order chi connectivity index (χ1) is 20.4. The number of hydrogen-bond donors (Lipinski definition) is 1. The molecule has 3 aromatic rings. The number of nitrogens with zero attached hydrogens (tertiary/aromatic N) is 3. The maximum absolute atomic E-state index is 14.3. The SMILES string of the molecule is CS(=O)(=O)c1cc([C@@H]2CCCOC2)ccc1Nc1cc(CC(=O)C2CC2(F)F)nc2c1nc(C(F)F)n2C1CCCCO1. The van der Waals surface area contributed by atoms with Gasteiger partial charge in [-0.3, -0.25) is 9.36 Å². The highest BCUT2D eigenvalue weighted by molar-refractivity contribution is 7.90. The number of alkyl halides is 4. The molecule has 0 radical (unpaired) electrons. The van der Waals surface area contributed by atoms with Gasteiger partial charge in [0, 0.05) is 38.2 Å². The lowest BCUT2D eigenvalue weighted by Crippen LogP contribution is -2.21. The molecule has 3 fully saturated rings. The molecule has 1 saturated carbocycles. The molecule has 43 heavy (non-hydrogen) atoms. The van der Waals surface area contributed by atoms with Crippen LogP contribution in [-0.4, -0.2) is 60.7 Å². The van der Waals surface area contributed by atoms with Crippen molar-refractivity contribution in [1.82, 2.24) is 14.5 Å². The van der Waals surface area contributed by atoms with Crippen LogP contribution in [0.1, 0.15) is 74.2 Å². The van der Waals surface area contributed by atoms with Gasteiger partial charge in [0.2, 0.25) is 0 Å². The molecule has 14 heteroatoms. The molecule has 0 bridgehead atoms. The number of fused-ring (bicyclic) bond motifs is 1. The Kier molecular flexibility index (Phi) is 7.96. The Bertz CT molecular complexity index is 1650. The van der Waals surface area contributed by atoms with Crippen LogP contribution in [0.4, 0.5) is 28.9 Å². The summed E-state index contributed by atoms with van der Waals surface area (Å²) in [6, 6.07) is 6.34. The number of ether oxygens (including phenoxy) is 2. The predicted octanol–water partition coefficient (Wildman–Crippen LogP) is 5.88. The van der Waals surface area contributed by atoms with Gasteiger partial charge in [0.25, 0.3) is 12.3 Å². The number of sulfone groups is 1. The Morgan fingerprint density at radius 1 is 1.12 bits per heavy atom. The minimum atomic E-state index is -3.77. The molecule has 1 aromatic carbocycles. The summed E-state index contributed by atoms with van der Waals surface area (Å²) < 4.78 is 94.3. The average molecular weight is 625 g/mol. The fourth-order valence-electron chi connectivity index (χ4n) is 5.90. The van der Waals surface area contributed by atoms with Gasteiger partial charge in [0.15, 0.2) is 21.3 Å². The number of Topliss-reactive ketones (excluding diaryl/α,β-unsaturated/α-hetero) is 1. The second kappa shape index (κ2) is 11.4. The molecular weight excluding hydrogens is 592 g/mol. The first-order valence-electron chi connectivity index (χ1n) is 14.3. The number of halogens is 4.